The average Bonchev–Trinajstić information content (AvgIpc) is 2.99. The number of hydrogen-bond acceptors (Lipinski definition) is 5. The van der Waals surface area contributed by atoms with Crippen LogP contribution in [0.3, 0.4) is 0 Å². The molecule has 7 nitrogen and oxygen atoms in total. The van der Waals surface area contributed by atoms with Crippen molar-refractivity contribution in [2.75, 3.05) is 44.3 Å². The molecule has 146 valence electrons. The van der Waals surface area contributed by atoms with E-state index in [9.17, 15) is 4.79 Å². The summed E-state index contributed by atoms with van der Waals surface area (Å²) in [7, 11) is 2.02. The molecule has 0 bridgehead atoms. The zero-order valence-electron chi connectivity index (χ0n) is 16.1. The number of ether oxygens (including phenoxy) is 1. The van der Waals surface area contributed by atoms with Gasteiger partial charge in [0.25, 0.3) is 5.91 Å². The van der Waals surface area contributed by atoms with Gasteiger partial charge in [-0.15, -0.1) is 0 Å². The number of aryl methyl sites for hydroxylation is 1. The van der Waals surface area contributed by atoms with E-state index in [4.69, 9.17) is 14.8 Å². The summed E-state index contributed by atoms with van der Waals surface area (Å²) in [4.78, 5) is 21.9. The Balaban J connectivity index is 1.59. The van der Waals surface area contributed by atoms with Crippen molar-refractivity contribution < 1.29 is 14.6 Å². The number of likely N-dealkylation sites (N-methyl/N-ethyl adjacent to an activating group) is 1. The zero-order valence-corrected chi connectivity index (χ0v) is 16.1. The van der Waals surface area contributed by atoms with Crippen molar-refractivity contribution in [2.45, 2.75) is 32.3 Å². The smallest absolute Gasteiger partial charge is 0.256 e. The van der Waals surface area contributed by atoms with Crippen LogP contribution in [-0.4, -0.2) is 71.0 Å². The molecule has 1 amide bonds. The standard InChI is InChI=1S/C20H28N4O3/c1-3-23-11-8-16-18(20(23)26)15-4-5-17(21-19(15)22(16)2)24-9-6-14(7-10-24)27-13-12-25/h4-5,14,25H,3,6-13H2,1-2H3. The normalized spacial score (nSPS) is 18.4. The van der Waals surface area contributed by atoms with E-state index in [0.29, 0.717) is 6.61 Å². The van der Waals surface area contributed by atoms with E-state index < -0.39 is 0 Å². The zero-order chi connectivity index (χ0) is 19.0. The van der Waals surface area contributed by atoms with Crippen LogP contribution in [0.5, 0.6) is 0 Å². The van der Waals surface area contributed by atoms with Crippen molar-refractivity contribution in [1.82, 2.24) is 14.5 Å². The highest BCUT2D eigenvalue weighted by molar-refractivity contribution is 6.08. The first-order valence-corrected chi connectivity index (χ1v) is 9.89. The molecule has 0 atom stereocenters. The van der Waals surface area contributed by atoms with Crippen molar-refractivity contribution in [3.63, 3.8) is 0 Å². The molecule has 1 fully saturated rings. The number of pyridine rings is 1. The molecule has 1 N–H and O–H groups in total. The maximum absolute atomic E-state index is 12.8. The first-order chi connectivity index (χ1) is 13.1. The number of hydrogen-bond donors (Lipinski definition) is 1. The number of nitrogens with zero attached hydrogens (tertiary/aromatic N) is 4. The Morgan fingerprint density at radius 1 is 1.26 bits per heavy atom. The van der Waals surface area contributed by atoms with Crippen LogP contribution in [0.4, 0.5) is 5.82 Å². The third kappa shape index (κ3) is 3.19. The summed E-state index contributed by atoms with van der Waals surface area (Å²) in [6.07, 6.45) is 2.97. The molecule has 0 spiro atoms. The van der Waals surface area contributed by atoms with Gasteiger partial charge in [0.1, 0.15) is 11.5 Å². The number of aromatic nitrogens is 2. The fourth-order valence-corrected chi connectivity index (χ4v) is 4.32. The van der Waals surface area contributed by atoms with Gasteiger partial charge >= 0.3 is 0 Å². The van der Waals surface area contributed by atoms with E-state index in [0.717, 1.165) is 73.6 Å². The van der Waals surface area contributed by atoms with E-state index in [1.54, 1.807) is 0 Å². The van der Waals surface area contributed by atoms with Crippen molar-refractivity contribution in [3.05, 3.63) is 23.4 Å². The maximum atomic E-state index is 12.8. The van der Waals surface area contributed by atoms with E-state index >= 15 is 0 Å². The minimum Gasteiger partial charge on any atom is -0.394 e. The number of aliphatic hydroxyl groups excluding tert-OH is 1. The Bertz CT molecular complexity index is 839. The molecule has 2 aliphatic rings. The fourth-order valence-electron chi connectivity index (χ4n) is 4.32. The average molecular weight is 372 g/mol. The number of carbonyl (C=O) groups is 1. The van der Waals surface area contributed by atoms with E-state index in [1.807, 2.05) is 24.9 Å². The third-order valence-corrected chi connectivity index (χ3v) is 5.85. The predicted octanol–water partition coefficient (Wildman–Crippen LogP) is 1.57. The highest BCUT2D eigenvalue weighted by Crippen LogP contribution is 2.31. The van der Waals surface area contributed by atoms with Gasteiger partial charge in [0.05, 0.1) is 24.9 Å². The lowest BCUT2D eigenvalue weighted by molar-refractivity contribution is 0.0158. The molecule has 0 aliphatic carbocycles. The van der Waals surface area contributed by atoms with Crippen molar-refractivity contribution in [2.24, 2.45) is 7.05 Å². The summed E-state index contributed by atoms with van der Waals surface area (Å²) in [6, 6.07) is 4.09. The maximum Gasteiger partial charge on any atom is 0.256 e. The van der Waals surface area contributed by atoms with Crippen LogP contribution >= 0.6 is 0 Å². The van der Waals surface area contributed by atoms with Gasteiger partial charge in [-0.2, -0.15) is 0 Å². The third-order valence-electron chi connectivity index (χ3n) is 5.85. The SMILES string of the molecule is CCN1CCc2c(c3ccc(N4CCC(OCCO)CC4)nc3n2C)C1=O. The number of anilines is 1. The number of carbonyl (C=O) groups excluding carboxylic acids is 1. The minimum atomic E-state index is 0.0742. The van der Waals surface area contributed by atoms with Gasteiger partial charge < -0.3 is 24.2 Å². The second-order valence-electron chi connectivity index (χ2n) is 7.34. The molecule has 7 heteroatoms. The molecule has 27 heavy (non-hydrogen) atoms. The summed E-state index contributed by atoms with van der Waals surface area (Å²) < 4.78 is 7.74. The topological polar surface area (TPSA) is 70.8 Å². The monoisotopic (exact) mass is 372 g/mol. The number of aliphatic hydroxyl groups is 1. The molecule has 4 heterocycles. The Morgan fingerprint density at radius 2 is 2.04 bits per heavy atom. The fraction of sp³-hybridized carbons (Fsp3) is 0.600. The quantitative estimate of drug-likeness (QED) is 0.863. The lowest BCUT2D eigenvalue weighted by atomic mass is 10.0. The number of piperidine rings is 1. The van der Waals surface area contributed by atoms with Gasteiger partial charge in [-0.3, -0.25) is 4.79 Å². The van der Waals surface area contributed by atoms with E-state index in [1.165, 1.54) is 0 Å². The summed E-state index contributed by atoms with van der Waals surface area (Å²) in [6.45, 7) is 5.81. The second-order valence-corrected chi connectivity index (χ2v) is 7.34. The Kier molecular flexibility index (Phi) is 5.06. The van der Waals surface area contributed by atoms with Crippen LogP contribution < -0.4 is 4.90 Å². The highest BCUT2D eigenvalue weighted by Gasteiger charge is 2.30. The van der Waals surface area contributed by atoms with Gasteiger partial charge in [0.15, 0.2) is 0 Å². The molecule has 2 aromatic heterocycles. The van der Waals surface area contributed by atoms with Gasteiger partial charge in [0.2, 0.25) is 0 Å². The molecular weight excluding hydrogens is 344 g/mol. The first kappa shape index (κ1) is 18.3. The molecule has 2 aromatic rings. The van der Waals surface area contributed by atoms with Gasteiger partial charge in [-0.05, 0) is 31.9 Å². The Hall–Kier alpha value is -2.12. The van der Waals surface area contributed by atoms with Gasteiger partial charge in [-0.25, -0.2) is 4.98 Å². The summed E-state index contributed by atoms with van der Waals surface area (Å²) in [5, 5.41) is 9.86. The van der Waals surface area contributed by atoms with Crippen LogP contribution in [0, 0.1) is 0 Å². The number of amides is 1. The molecule has 0 radical (unpaired) electrons. The molecule has 0 aromatic carbocycles. The van der Waals surface area contributed by atoms with Crippen molar-refractivity contribution >= 4 is 22.8 Å². The summed E-state index contributed by atoms with van der Waals surface area (Å²) >= 11 is 0. The largest absolute Gasteiger partial charge is 0.394 e. The Labute approximate surface area is 159 Å². The minimum absolute atomic E-state index is 0.0742. The van der Waals surface area contributed by atoms with E-state index in [-0.39, 0.29) is 18.6 Å². The highest BCUT2D eigenvalue weighted by atomic mass is 16.5. The molecule has 0 unspecified atom stereocenters. The van der Waals surface area contributed by atoms with E-state index in [2.05, 4.69) is 15.5 Å². The number of rotatable bonds is 5. The van der Waals surface area contributed by atoms with Crippen LogP contribution in [0.1, 0.15) is 35.8 Å². The lowest BCUT2D eigenvalue weighted by Gasteiger charge is -2.32. The molecular formula is C20H28N4O3. The Morgan fingerprint density at radius 3 is 2.74 bits per heavy atom. The lowest BCUT2D eigenvalue weighted by Crippen LogP contribution is -2.37. The molecule has 0 saturated carbocycles. The second kappa shape index (κ2) is 7.48. The molecule has 1 saturated heterocycles. The summed E-state index contributed by atoms with van der Waals surface area (Å²) in [5.41, 5.74) is 2.82. The van der Waals surface area contributed by atoms with Crippen LogP contribution in [0.15, 0.2) is 12.1 Å². The van der Waals surface area contributed by atoms with Crippen LogP contribution in [0.25, 0.3) is 11.0 Å². The number of fused-ring (bicyclic) bond motifs is 3. The van der Waals surface area contributed by atoms with Gasteiger partial charge in [0, 0.05) is 50.7 Å². The van der Waals surface area contributed by atoms with Gasteiger partial charge in [-0.1, -0.05) is 0 Å². The van der Waals surface area contributed by atoms with Crippen molar-refractivity contribution in [1.29, 1.82) is 0 Å². The first-order valence-electron chi connectivity index (χ1n) is 9.89. The van der Waals surface area contributed by atoms with Crippen molar-refractivity contribution in [3.8, 4) is 0 Å². The van der Waals surface area contributed by atoms with Crippen LogP contribution in [0.2, 0.25) is 0 Å². The molecule has 2 aliphatic heterocycles. The van der Waals surface area contributed by atoms with Crippen LogP contribution in [-0.2, 0) is 18.2 Å². The molecule has 4 rings (SSSR count). The predicted molar refractivity (Wildman–Crippen MR) is 104 cm³/mol. The summed E-state index contributed by atoms with van der Waals surface area (Å²) in [5.74, 6) is 1.08.